The average molecular weight is 456 g/mol. The number of ether oxygens (including phenoxy) is 1. The Balaban J connectivity index is 0.00000225. The van der Waals surface area contributed by atoms with Crippen LogP contribution in [0.4, 0.5) is 0 Å². The smallest absolute Gasteiger partial charge is 0.189 e. The Labute approximate surface area is 165 Å². The van der Waals surface area contributed by atoms with Gasteiger partial charge in [0.25, 0.3) is 0 Å². The third-order valence-corrected chi connectivity index (χ3v) is 4.30. The van der Waals surface area contributed by atoms with Crippen molar-refractivity contribution in [3.8, 4) is 5.75 Å². The van der Waals surface area contributed by atoms with Gasteiger partial charge in [-0.25, -0.2) is 4.99 Å². The van der Waals surface area contributed by atoms with Gasteiger partial charge in [-0.3, -0.25) is 0 Å². The van der Waals surface area contributed by atoms with Crippen molar-refractivity contribution in [2.24, 2.45) is 10.7 Å². The van der Waals surface area contributed by atoms with Gasteiger partial charge in [-0.2, -0.15) is 0 Å². The Bertz CT molecular complexity index is 708. The molecule has 2 aromatic rings. The van der Waals surface area contributed by atoms with Gasteiger partial charge >= 0.3 is 0 Å². The minimum absolute atomic E-state index is 0. The summed E-state index contributed by atoms with van der Waals surface area (Å²) in [6, 6.07) is 8.15. The van der Waals surface area contributed by atoms with Gasteiger partial charge in [0.1, 0.15) is 11.5 Å². The minimum Gasteiger partial charge on any atom is -0.493 e. The fraction of sp³-hybridized carbons (Fsp3) is 0.444. The number of aromatic nitrogens is 1. The third-order valence-electron chi connectivity index (χ3n) is 4.30. The van der Waals surface area contributed by atoms with Crippen LogP contribution in [0.1, 0.15) is 48.9 Å². The highest BCUT2D eigenvalue weighted by Crippen LogP contribution is 2.31. The molecule has 7 heteroatoms. The number of nitrogens with two attached hydrogens (primary N) is 1. The van der Waals surface area contributed by atoms with E-state index in [1.165, 1.54) is 0 Å². The number of aliphatic imine (C=N–C) groups is 1. The lowest BCUT2D eigenvalue weighted by Crippen LogP contribution is -2.37. The quantitative estimate of drug-likeness (QED) is 0.410. The van der Waals surface area contributed by atoms with Crippen LogP contribution >= 0.6 is 24.0 Å². The zero-order valence-corrected chi connectivity index (χ0v) is 16.9. The molecule has 3 N–H and O–H groups in total. The number of benzene rings is 1. The SMILES string of the molecule is CCc1noc(CC)c1CN=C(N)NC1CCOc2ccccc21.I. The lowest BCUT2D eigenvalue weighted by molar-refractivity contribution is 0.262. The number of rotatable bonds is 5. The summed E-state index contributed by atoms with van der Waals surface area (Å²) in [6.45, 7) is 5.27. The maximum absolute atomic E-state index is 6.11. The molecule has 1 aliphatic heterocycles. The van der Waals surface area contributed by atoms with Crippen molar-refractivity contribution in [2.75, 3.05) is 6.61 Å². The molecule has 0 radical (unpaired) electrons. The number of para-hydroxylation sites is 1. The van der Waals surface area contributed by atoms with E-state index in [-0.39, 0.29) is 30.0 Å². The van der Waals surface area contributed by atoms with E-state index in [9.17, 15) is 0 Å². The van der Waals surface area contributed by atoms with Gasteiger partial charge in [0.15, 0.2) is 5.96 Å². The Morgan fingerprint density at radius 2 is 2.12 bits per heavy atom. The number of fused-ring (bicyclic) bond motifs is 1. The van der Waals surface area contributed by atoms with E-state index in [1.807, 2.05) is 25.1 Å². The summed E-state index contributed by atoms with van der Waals surface area (Å²) in [7, 11) is 0. The van der Waals surface area contributed by atoms with Crippen LogP contribution in [0, 0.1) is 0 Å². The standard InChI is InChI=1S/C18H24N4O2.HI/c1-3-14-13(16(4-2)24-22-14)11-20-18(19)21-15-9-10-23-17-8-6-5-7-12(15)17;/h5-8,15H,3-4,9-11H2,1-2H3,(H3,19,20,21);1H. The molecule has 0 saturated heterocycles. The molecule has 1 unspecified atom stereocenters. The average Bonchev–Trinajstić information content (AvgIpc) is 3.02. The molecular weight excluding hydrogens is 431 g/mol. The van der Waals surface area contributed by atoms with E-state index < -0.39 is 0 Å². The van der Waals surface area contributed by atoms with E-state index in [2.05, 4.69) is 28.5 Å². The molecule has 136 valence electrons. The van der Waals surface area contributed by atoms with Crippen molar-refractivity contribution in [1.29, 1.82) is 0 Å². The summed E-state index contributed by atoms with van der Waals surface area (Å²) in [5.74, 6) is 2.23. The molecule has 1 aliphatic rings. The van der Waals surface area contributed by atoms with Crippen molar-refractivity contribution in [2.45, 2.75) is 45.7 Å². The molecule has 0 aliphatic carbocycles. The molecule has 1 aromatic heterocycles. The molecule has 0 fully saturated rings. The molecular formula is C18H25IN4O2. The van der Waals surface area contributed by atoms with E-state index in [4.69, 9.17) is 15.0 Å². The van der Waals surface area contributed by atoms with E-state index in [0.717, 1.165) is 47.6 Å². The molecule has 0 spiro atoms. The van der Waals surface area contributed by atoms with Gasteiger partial charge < -0.3 is 20.3 Å². The minimum atomic E-state index is 0. The summed E-state index contributed by atoms with van der Waals surface area (Å²) < 4.78 is 11.0. The molecule has 3 rings (SSSR count). The van der Waals surface area contributed by atoms with Crippen LogP contribution in [0.3, 0.4) is 0 Å². The monoisotopic (exact) mass is 456 g/mol. The number of guanidine groups is 1. The first-order valence-electron chi connectivity index (χ1n) is 8.47. The maximum atomic E-state index is 6.11. The molecule has 0 amide bonds. The van der Waals surface area contributed by atoms with Gasteiger partial charge in [0.2, 0.25) is 0 Å². The molecule has 1 atom stereocenters. The Kier molecular flexibility index (Phi) is 7.10. The predicted molar refractivity (Wildman–Crippen MR) is 108 cm³/mol. The van der Waals surface area contributed by atoms with Gasteiger partial charge in [0.05, 0.1) is 24.9 Å². The van der Waals surface area contributed by atoms with Crippen molar-refractivity contribution in [3.05, 3.63) is 46.8 Å². The summed E-state index contributed by atoms with van der Waals surface area (Å²) in [4.78, 5) is 4.49. The highest BCUT2D eigenvalue weighted by Gasteiger charge is 2.21. The largest absolute Gasteiger partial charge is 0.493 e. The first-order chi connectivity index (χ1) is 11.7. The summed E-state index contributed by atoms with van der Waals surface area (Å²) >= 11 is 0. The van der Waals surface area contributed by atoms with E-state index in [1.54, 1.807) is 0 Å². The van der Waals surface area contributed by atoms with Crippen molar-refractivity contribution < 1.29 is 9.26 Å². The fourth-order valence-electron chi connectivity index (χ4n) is 3.00. The first kappa shape index (κ1) is 19.6. The second kappa shape index (κ2) is 9.07. The van der Waals surface area contributed by atoms with E-state index in [0.29, 0.717) is 19.1 Å². The van der Waals surface area contributed by atoms with Crippen LogP contribution in [-0.4, -0.2) is 17.7 Å². The van der Waals surface area contributed by atoms with Gasteiger partial charge in [-0.1, -0.05) is 37.2 Å². The van der Waals surface area contributed by atoms with Gasteiger partial charge in [-0.05, 0) is 12.5 Å². The maximum Gasteiger partial charge on any atom is 0.189 e. The second-order valence-corrected chi connectivity index (χ2v) is 5.81. The fourth-order valence-corrected chi connectivity index (χ4v) is 3.00. The number of nitrogens with zero attached hydrogens (tertiary/aromatic N) is 2. The van der Waals surface area contributed by atoms with Gasteiger partial charge in [0, 0.05) is 24.0 Å². The predicted octanol–water partition coefficient (Wildman–Crippen LogP) is 3.35. The summed E-state index contributed by atoms with van der Waals surface area (Å²) in [5.41, 5.74) is 9.24. The molecule has 0 bridgehead atoms. The van der Waals surface area contributed by atoms with Crippen LogP contribution in [0.5, 0.6) is 5.75 Å². The third kappa shape index (κ3) is 4.45. The molecule has 2 heterocycles. The molecule has 0 saturated carbocycles. The van der Waals surface area contributed by atoms with Crippen LogP contribution in [-0.2, 0) is 19.4 Å². The Morgan fingerprint density at radius 3 is 2.88 bits per heavy atom. The molecule has 6 nitrogen and oxygen atoms in total. The normalized spacial score (nSPS) is 16.6. The summed E-state index contributed by atoms with van der Waals surface area (Å²) in [6.07, 6.45) is 2.49. The van der Waals surface area contributed by atoms with Crippen molar-refractivity contribution >= 4 is 29.9 Å². The number of aryl methyl sites for hydroxylation is 2. The molecule has 25 heavy (non-hydrogen) atoms. The first-order valence-corrected chi connectivity index (χ1v) is 8.47. The second-order valence-electron chi connectivity index (χ2n) is 5.81. The van der Waals surface area contributed by atoms with E-state index >= 15 is 0 Å². The Hall–Kier alpha value is -1.77. The number of hydrogen-bond donors (Lipinski definition) is 2. The highest BCUT2D eigenvalue weighted by atomic mass is 127. The Morgan fingerprint density at radius 1 is 1.32 bits per heavy atom. The van der Waals surface area contributed by atoms with Crippen molar-refractivity contribution in [3.63, 3.8) is 0 Å². The number of nitrogens with one attached hydrogen (secondary N) is 1. The van der Waals surface area contributed by atoms with Crippen LogP contribution in [0.25, 0.3) is 0 Å². The van der Waals surface area contributed by atoms with Crippen LogP contribution < -0.4 is 15.8 Å². The number of hydrogen-bond acceptors (Lipinski definition) is 4. The van der Waals surface area contributed by atoms with Crippen LogP contribution in [0.15, 0.2) is 33.8 Å². The lowest BCUT2D eigenvalue weighted by Gasteiger charge is -2.26. The van der Waals surface area contributed by atoms with Gasteiger partial charge in [-0.15, -0.1) is 24.0 Å². The highest BCUT2D eigenvalue weighted by molar-refractivity contribution is 14.0. The summed E-state index contributed by atoms with van der Waals surface area (Å²) in [5, 5.41) is 7.42. The number of halogens is 1. The zero-order chi connectivity index (χ0) is 16.9. The van der Waals surface area contributed by atoms with Crippen LogP contribution in [0.2, 0.25) is 0 Å². The zero-order valence-electron chi connectivity index (χ0n) is 14.6. The lowest BCUT2D eigenvalue weighted by atomic mass is 10.0. The van der Waals surface area contributed by atoms with Crippen molar-refractivity contribution in [1.82, 2.24) is 10.5 Å². The topological polar surface area (TPSA) is 85.7 Å². The molecule has 1 aromatic carbocycles.